The number of rotatable bonds is 2. The second-order valence-corrected chi connectivity index (χ2v) is 13.5. The smallest absolute Gasteiger partial charge is 0.192 e. The second-order valence-electron chi connectivity index (χ2n) is 8.82. The Morgan fingerprint density at radius 1 is 1.16 bits per heavy atom. The van der Waals surface area contributed by atoms with Gasteiger partial charge in [0.25, 0.3) is 0 Å². The Labute approximate surface area is 119 Å². The molecule has 0 aliphatic heterocycles. The molecule has 3 aliphatic rings. The van der Waals surface area contributed by atoms with Gasteiger partial charge in [-0.3, -0.25) is 0 Å². The van der Waals surface area contributed by atoms with Crippen molar-refractivity contribution in [3.63, 3.8) is 0 Å². The van der Waals surface area contributed by atoms with Gasteiger partial charge in [0.2, 0.25) is 0 Å². The highest BCUT2D eigenvalue weighted by molar-refractivity contribution is 6.74. The van der Waals surface area contributed by atoms with Gasteiger partial charge in [-0.25, -0.2) is 0 Å². The fourth-order valence-electron chi connectivity index (χ4n) is 4.41. The summed E-state index contributed by atoms with van der Waals surface area (Å²) < 4.78 is 6.90. The van der Waals surface area contributed by atoms with E-state index in [-0.39, 0.29) is 16.2 Å². The third kappa shape index (κ3) is 1.96. The lowest BCUT2D eigenvalue weighted by Gasteiger charge is -2.50. The zero-order valence-electron chi connectivity index (χ0n) is 13.3. The topological polar surface area (TPSA) is 29.5 Å². The van der Waals surface area contributed by atoms with Crippen LogP contribution in [0.5, 0.6) is 0 Å². The Bertz CT molecular complexity index is 387. The van der Waals surface area contributed by atoms with Gasteiger partial charge in [0.15, 0.2) is 8.32 Å². The highest BCUT2D eigenvalue weighted by Crippen LogP contribution is 2.68. The van der Waals surface area contributed by atoms with E-state index in [0.717, 1.165) is 12.8 Å². The Kier molecular flexibility index (Phi) is 2.86. The molecule has 3 heteroatoms. The first kappa shape index (κ1) is 14.1. The van der Waals surface area contributed by atoms with E-state index in [1.165, 1.54) is 25.7 Å². The molecule has 0 bridgehead atoms. The van der Waals surface area contributed by atoms with Crippen LogP contribution in [0, 0.1) is 11.8 Å². The first-order chi connectivity index (χ1) is 8.61. The van der Waals surface area contributed by atoms with Crippen LogP contribution in [0.4, 0.5) is 0 Å². The summed E-state index contributed by atoms with van der Waals surface area (Å²) in [5.74, 6) is 0.966. The molecule has 0 aromatic rings. The summed E-state index contributed by atoms with van der Waals surface area (Å²) in [6, 6.07) is 0. The molecule has 110 valence electrons. The monoisotopic (exact) mass is 282 g/mol. The molecule has 3 aliphatic carbocycles. The standard InChI is InChI=1S/C16H30O2Si/c1-14(2,3)19(4,5)18-15-9-7-6-8-13(15)16(17)11-12(16)10-15/h12-13,17H,6-11H2,1-5H3/t12-,13+,15+,16-/m1/s1. The van der Waals surface area contributed by atoms with E-state index in [1.54, 1.807) is 0 Å². The molecule has 3 saturated carbocycles. The van der Waals surface area contributed by atoms with E-state index < -0.39 is 8.32 Å². The van der Waals surface area contributed by atoms with Gasteiger partial charge in [-0.2, -0.15) is 0 Å². The normalized spacial score (nSPS) is 45.8. The van der Waals surface area contributed by atoms with E-state index in [0.29, 0.717) is 11.8 Å². The molecule has 3 fully saturated rings. The molecule has 0 heterocycles. The largest absolute Gasteiger partial charge is 0.411 e. The summed E-state index contributed by atoms with van der Waals surface area (Å²) in [4.78, 5) is 0. The highest BCUT2D eigenvalue weighted by atomic mass is 28.4. The molecule has 3 rings (SSSR count). The van der Waals surface area contributed by atoms with Crippen molar-refractivity contribution in [2.75, 3.05) is 0 Å². The maximum atomic E-state index is 10.8. The van der Waals surface area contributed by atoms with Gasteiger partial charge >= 0.3 is 0 Å². The first-order valence-corrected chi connectivity index (χ1v) is 10.9. The third-order valence-corrected chi connectivity index (χ3v) is 11.1. The average Bonchev–Trinajstić information content (AvgIpc) is 2.81. The van der Waals surface area contributed by atoms with Crippen LogP contribution in [0.25, 0.3) is 0 Å². The molecule has 0 aromatic carbocycles. The predicted octanol–water partition coefficient (Wildman–Crippen LogP) is 4.09. The number of hydrogen-bond donors (Lipinski definition) is 1. The minimum Gasteiger partial charge on any atom is -0.411 e. The molecule has 19 heavy (non-hydrogen) atoms. The summed E-state index contributed by atoms with van der Waals surface area (Å²) in [5, 5.41) is 11.0. The van der Waals surface area contributed by atoms with E-state index in [1.807, 2.05) is 0 Å². The lowest BCUT2D eigenvalue weighted by molar-refractivity contribution is -0.0684. The summed E-state index contributed by atoms with van der Waals surface area (Å²) in [6.07, 6.45) is 7.10. The Morgan fingerprint density at radius 2 is 1.84 bits per heavy atom. The molecular weight excluding hydrogens is 252 g/mol. The fourth-order valence-corrected chi connectivity index (χ4v) is 6.06. The Balaban J connectivity index is 1.86. The lowest BCUT2D eigenvalue weighted by Crippen LogP contribution is -2.54. The summed E-state index contributed by atoms with van der Waals surface area (Å²) in [7, 11) is -1.74. The van der Waals surface area contributed by atoms with E-state index in [4.69, 9.17) is 4.43 Å². The first-order valence-electron chi connectivity index (χ1n) is 8.03. The van der Waals surface area contributed by atoms with Crippen LogP contribution < -0.4 is 0 Å². The molecule has 0 saturated heterocycles. The van der Waals surface area contributed by atoms with Crippen LogP contribution in [0.15, 0.2) is 0 Å². The average molecular weight is 282 g/mol. The van der Waals surface area contributed by atoms with E-state index in [2.05, 4.69) is 33.9 Å². The van der Waals surface area contributed by atoms with Crippen molar-refractivity contribution in [3.8, 4) is 0 Å². The molecule has 4 atom stereocenters. The number of hydrogen-bond acceptors (Lipinski definition) is 2. The third-order valence-electron chi connectivity index (χ3n) is 6.56. The maximum absolute atomic E-state index is 10.8. The lowest BCUT2D eigenvalue weighted by atomic mass is 9.74. The van der Waals surface area contributed by atoms with Crippen molar-refractivity contribution in [2.24, 2.45) is 11.8 Å². The van der Waals surface area contributed by atoms with Crippen molar-refractivity contribution >= 4 is 8.32 Å². The molecule has 0 amide bonds. The predicted molar refractivity (Wildman–Crippen MR) is 80.6 cm³/mol. The summed E-state index contributed by atoms with van der Waals surface area (Å²) in [6.45, 7) is 11.7. The van der Waals surface area contributed by atoms with Crippen LogP contribution in [0.3, 0.4) is 0 Å². The van der Waals surface area contributed by atoms with Gasteiger partial charge in [0, 0.05) is 5.92 Å². The SMILES string of the molecule is CC(C)(C)[Si](C)(C)O[C@]12CCCC[C@@H]1[C@@]1(O)C[C@H]1C2. The van der Waals surface area contributed by atoms with Crippen LogP contribution >= 0.6 is 0 Å². The van der Waals surface area contributed by atoms with Crippen molar-refractivity contribution in [1.29, 1.82) is 0 Å². The van der Waals surface area contributed by atoms with E-state index in [9.17, 15) is 5.11 Å². The van der Waals surface area contributed by atoms with Crippen LogP contribution in [0.2, 0.25) is 18.1 Å². The zero-order valence-corrected chi connectivity index (χ0v) is 14.3. The minimum absolute atomic E-state index is 0.0267. The fraction of sp³-hybridized carbons (Fsp3) is 1.00. The Morgan fingerprint density at radius 3 is 2.47 bits per heavy atom. The van der Waals surface area contributed by atoms with Crippen LogP contribution in [-0.4, -0.2) is 24.6 Å². The highest BCUT2D eigenvalue weighted by Gasteiger charge is 2.72. The van der Waals surface area contributed by atoms with Gasteiger partial charge in [-0.15, -0.1) is 0 Å². The molecule has 0 radical (unpaired) electrons. The van der Waals surface area contributed by atoms with Gasteiger partial charge in [-0.05, 0) is 49.7 Å². The van der Waals surface area contributed by atoms with Gasteiger partial charge in [0.1, 0.15) is 0 Å². The van der Waals surface area contributed by atoms with Gasteiger partial charge in [0.05, 0.1) is 11.2 Å². The summed E-state index contributed by atoms with van der Waals surface area (Å²) >= 11 is 0. The molecule has 0 aromatic heterocycles. The summed E-state index contributed by atoms with van der Waals surface area (Å²) in [5.41, 5.74) is -0.318. The Hall–Kier alpha value is 0.137. The van der Waals surface area contributed by atoms with Crippen molar-refractivity contribution in [1.82, 2.24) is 0 Å². The van der Waals surface area contributed by atoms with Gasteiger partial charge in [-0.1, -0.05) is 33.6 Å². The quantitative estimate of drug-likeness (QED) is 0.773. The maximum Gasteiger partial charge on any atom is 0.192 e. The van der Waals surface area contributed by atoms with E-state index >= 15 is 0 Å². The van der Waals surface area contributed by atoms with Crippen LogP contribution in [0.1, 0.15) is 59.3 Å². The number of aliphatic hydroxyl groups is 1. The van der Waals surface area contributed by atoms with Crippen LogP contribution in [-0.2, 0) is 4.43 Å². The van der Waals surface area contributed by atoms with Crippen molar-refractivity contribution < 1.29 is 9.53 Å². The van der Waals surface area contributed by atoms with Gasteiger partial charge < -0.3 is 9.53 Å². The van der Waals surface area contributed by atoms with Crippen molar-refractivity contribution in [3.05, 3.63) is 0 Å². The molecule has 2 nitrogen and oxygen atoms in total. The number of fused-ring (bicyclic) bond motifs is 3. The molecule has 0 spiro atoms. The zero-order chi connectivity index (χ0) is 14.1. The molecule has 0 unspecified atom stereocenters. The molecular formula is C16H30O2Si. The molecule has 1 N–H and O–H groups in total. The van der Waals surface area contributed by atoms with Crippen molar-refractivity contribution in [2.45, 2.75) is 88.6 Å². The second kappa shape index (κ2) is 3.86. The minimum atomic E-state index is -1.74.